The predicted octanol–water partition coefficient (Wildman–Crippen LogP) is 3.70. The first-order chi connectivity index (χ1) is 7.27. The third-order valence-electron chi connectivity index (χ3n) is 2.10. The first-order valence-corrected chi connectivity index (χ1v) is 5.96. The molecule has 0 atom stereocenters. The van der Waals surface area contributed by atoms with Crippen LogP contribution in [0.3, 0.4) is 0 Å². The summed E-state index contributed by atoms with van der Waals surface area (Å²) in [6.07, 6.45) is 2.61. The minimum atomic E-state index is 0.469. The van der Waals surface area contributed by atoms with E-state index in [0.717, 1.165) is 17.3 Å². The van der Waals surface area contributed by atoms with Crippen molar-refractivity contribution in [2.45, 2.75) is 5.09 Å². The average Bonchev–Trinajstić information content (AvgIpc) is 2.29. The lowest BCUT2D eigenvalue weighted by molar-refractivity contribution is 0.111. The topological polar surface area (TPSA) is 30.2 Å². The van der Waals surface area contributed by atoms with Crippen LogP contribution in [-0.4, -0.2) is 12.5 Å². The highest BCUT2D eigenvalue weighted by molar-refractivity contribution is 7.98. The van der Waals surface area contributed by atoms with E-state index in [0.29, 0.717) is 15.2 Å². The number of thioether (sulfide) groups is 1. The van der Waals surface area contributed by atoms with Crippen molar-refractivity contribution in [1.82, 2.24) is 0 Å². The lowest BCUT2D eigenvalue weighted by Crippen LogP contribution is -1.88. The molecule has 0 N–H and O–H groups in total. The van der Waals surface area contributed by atoms with Crippen LogP contribution < -0.4 is 0 Å². The molecule has 2 nitrogen and oxygen atoms in total. The minimum Gasteiger partial charge on any atom is -0.449 e. The van der Waals surface area contributed by atoms with Gasteiger partial charge < -0.3 is 4.42 Å². The Kier molecular flexibility index (Phi) is 2.88. The fourth-order valence-electron chi connectivity index (χ4n) is 1.39. The zero-order valence-corrected chi connectivity index (χ0v) is 9.65. The number of aldehydes is 1. The van der Waals surface area contributed by atoms with E-state index in [1.807, 2.05) is 30.5 Å². The number of hydrogen-bond donors (Lipinski definition) is 0. The maximum atomic E-state index is 10.9. The van der Waals surface area contributed by atoms with Crippen molar-refractivity contribution in [3.05, 3.63) is 34.3 Å². The van der Waals surface area contributed by atoms with E-state index in [9.17, 15) is 4.79 Å². The van der Waals surface area contributed by atoms with Gasteiger partial charge in [0, 0.05) is 5.39 Å². The van der Waals surface area contributed by atoms with Crippen LogP contribution >= 0.6 is 24.0 Å². The maximum absolute atomic E-state index is 10.9. The zero-order valence-electron chi connectivity index (χ0n) is 8.02. The molecule has 0 spiro atoms. The fourth-order valence-corrected chi connectivity index (χ4v) is 2.31. The molecular weight excluding hydrogens is 228 g/mol. The molecule has 0 saturated heterocycles. The van der Waals surface area contributed by atoms with Gasteiger partial charge in [0.2, 0.25) is 0 Å². The van der Waals surface area contributed by atoms with Gasteiger partial charge in [-0.2, -0.15) is 0 Å². The SMILES string of the molecule is CSc1oc2ccccc2c(=S)c1C=O. The molecule has 0 saturated carbocycles. The Balaban J connectivity index is 2.94. The number of fused-ring (bicyclic) bond motifs is 1. The Morgan fingerprint density at radius 2 is 2.13 bits per heavy atom. The molecule has 2 rings (SSSR count). The summed E-state index contributed by atoms with van der Waals surface area (Å²) in [5.74, 6) is 0. The molecule has 0 radical (unpaired) electrons. The zero-order chi connectivity index (χ0) is 10.8. The van der Waals surface area contributed by atoms with Crippen LogP contribution in [-0.2, 0) is 0 Å². The highest BCUT2D eigenvalue weighted by Gasteiger charge is 2.09. The summed E-state index contributed by atoms with van der Waals surface area (Å²) < 4.78 is 6.14. The summed E-state index contributed by atoms with van der Waals surface area (Å²) >= 11 is 6.63. The van der Waals surface area contributed by atoms with Crippen molar-refractivity contribution in [2.75, 3.05) is 6.26 Å². The highest BCUT2D eigenvalue weighted by Crippen LogP contribution is 2.27. The molecule has 1 aromatic carbocycles. The molecule has 1 heterocycles. The van der Waals surface area contributed by atoms with Gasteiger partial charge in [-0.25, -0.2) is 0 Å². The van der Waals surface area contributed by atoms with Gasteiger partial charge in [0.15, 0.2) is 11.4 Å². The van der Waals surface area contributed by atoms with E-state index >= 15 is 0 Å². The van der Waals surface area contributed by atoms with Crippen LogP contribution in [0.5, 0.6) is 0 Å². The van der Waals surface area contributed by atoms with E-state index < -0.39 is 0 Å². The van der Waals surface area contributed by atoms with Crippen molar-refractivity contribution in [3.63, 3.8) is 0 Å². The van der Waals surface area contributed by atoms with Gasteiger partial charge in [0.25, 0.3) is 0 Å². The van der Waals surface area contributed by atoms with Gasteiger partial charge >= 0.3 is 0 Å². The second-order valence-electron chi connectivity index (χ2n) is 2.95. The quantitative estimate of drug-likeness (QED) is 0.452. The van der Waals surface area contributed by atoms with Crippen molar-refractivity contribution in [1.29, 1.82) is 0 Å². The van der Waals surface area contributed by atoms with Crippen LogP contribution in [0, 0.1) is 4.51 Å². The summed E-state index contributed by atoms with van der Waals surface area (Å²) in [6, 6.07) is 7.46. The van der Waals surface area contributed by atoms with E-state index in [-0.39, 0.29) is 0 Å². The van der Waals surface area contributed by atoms with Crippen LogP contribution in [0.15, 0.2) is 33.8 Å². The second-order valence-corrected chi connectivity index (χ2v) is 4.14. The molecule has 0 aliphatic carbocycles. The van der Waals surface area contributed by atoms with Crippen LogP contribution in [0.25, 0.3) is 11.0 Å². The average molecular weight is 236 g/mol. The largest absolute Gasteiger partial charge is 0.449 e. The molecule has 4 heteroatoms. The molecule has 0 aliphatic heterocycles. The number of rotatable bonds is 2. The Bertz CT molecular complexity index is 572. The van der Waals surface area contributed by atoms with Gasteiger partial charge in [-0.05, 0) is 18.4 Å². The molecule has 0 amide bonds. The van der Waals surface area contributed by atoms with E-state index in [1.54, 1.807) is 0 Å². The predicted molar refractivity (Wildman–Crippen MR) is 64.2 cm³/mol. The fraction of sp³-hybridized carbons (Fsp3) is 0.0909. The first kappa shape index (κ1) is 10.4. The normalized spacial score (nSPS) is 10.5. The molecular formula is C11H8O2S2. The van der Waals surface area contributed by atoms with Gasteiger partial charge in [0.05, 0.1) is 10.1 Å². The molecule has 2 aromatic rings. The Hall–Kier alpha value is -1.13. The van der Waals surface area contributed by atoms with Crippen LogP contribution in [0.1, 0.15) is 10.4 Å². The minimum absolute atomic E-state index is 0.469. The molecule has 0 bridgehead atoms. The van der Waals surface area contributed by atoms with Crippen molar-refractivity contribution in [2.24, 2.45) is 0 Å². The van der Waals surface area contributed by atoms with Crippen LogP contribution in [0.2, 0.25) is 0 Å². The standard InChI is InChI=1S/C11H8O2S2/c1-15-11-8(6-12)10(14)7-4-2-3-5-9(7)13-11/h2-6H,1H3. The van der Waals surface area contributed by atoms with Crippen LogP contribution in [0.4, 0.5) is 0 Å². The molecule has 0 aliphatic rings. The number of hydrogen-bond acceptors (Lipinski definition) is 4. The third kappa shape index (κ3) is 1.70. The summed E-state index contributed by atoms with van der Waals surface area (Å²) in [6.45, 7) is 0. The van der Waals surface area contributed by atoms with Crippen molar-refractivity contribution in [3.8, 4) is 0 Å². The number of carbonyl (C=O) groups is 1. The number of para-hydroxylation sites is 1. The van der Waals surface area contributed by atoms with Gasteiger partial charge in [0.1, 0.15) is 5.58 Å². The molecule has 1 aromatic heterocycles. The van der Waals surface area contributed by atoms with Crippen molar-refractivity contribution < 1.29 is 9.21 Å². The second kappa shape index (κ2) is 4.16. The molecule has 76 valence electrons. The van der Waals surface area contributed by atoms with Gasteiger partial charge in [-0.3, -0.25) is 4.79 Å². The molecule has 15 heavy (non-hydrogen) atoms. The number of carbonyl (C=O) groups excluding carboxylic acids is 1. The Labute approximate surface area is 96.3 Å². The van der Waals surface area contributed by atoms with E-state index in [2.05, 4.69) is 0 Å². The Morgan fingerprint density at radius 1 is 1.40 bits per heavy atom. The summed E-state index contributed by atoms with van der Waals surface area (Å²) in [5, 5.41) is 1.39. The smallest absolute Gasteiger partial charge is 0.172 e. The number of benzene rings is 1. The van der Waals surface area contributed by atoms with Crippen molar-refractivity contribution >= 4 is 41.2 Å². The van der Waals surface area contributed by atoms with E-state index in [4.69, 9.17) is 16.6 Å². The lowest BCUT2D eigenvalue weighted by Gasteiger charge is -2.03. The summed E-state index contributed by atoms with van der Waals surface area (Å²) in [7, 11) is 0. The molecule has 0 fully saturated rings. The summed E-state index contributed by atoms with van der Waals surface area (Å²) in [5.41, 5.74) is 1.19. The van der Waals surface area contributed by atoms with E-state index in [1.165, 1.54) is 11.8 Å². The maximum Gasteiger partial charge on any atom is 0.172 e. The van der Waals surface area contributed by atoms with Gasteiger partial charge in [-0.1, -0.05) is 36.1 Å². The first-order valence-electron chi connectivity index (χ1n) is 4.33. The lowest BCUT2D eigenvalue weighted by atomic mass is 10.2. The highest BCUT2D eigenvalue weighted by atomic mass is 32.2. The summed E-state index contributed by atoms with van der Waals surface area (Å²) in [4.78, 5) is 10.9. The van der Waals surface area contributed by atoms with Gasteiger partial charge in [-0.15, -0.1) is 0 Å². The Morgan fingerprint density at radius 3 is 2.80 bits per heavy atom. The third-order valence-corrected chi connectivity index (χ3v) is 3.22. The monoisotopic (exact) mass is 236 g/mol. The molecule has 0 unspecified atom stereocenters.